The molecule has 0 unspecified atom stereocenters. The molecule has 5 heteroatoms. The predicted octanol–water partition coefficient (Wildman–Crippen LogP) is 3.82. The number of carbonyl (C=O) groups is 1. The van der Waals surface area contributed by atoms with Gasteiger partial charge in [-0.05, 0) is 90.2 Å². The van der Waals surface area contributed by atoms with E-state index in [4.69, 9.17) is 9.85 Å². The molecule has 139 valence electrons. The minimum atomic E-state index is -2.27. The van der Waals surface area contributed by atoms with Crippen LogP contribution in [0.25, 0.3) is 17.2 Å². The SMILES string of the molecule is Cc1c(-c2cccc3c2C=CC3)c(C([NH])=O)c2c(C)c1[Si](C)(C)O[Si]2(C)C. The molecule has 4 rings (SSSR count). The van der Waals surface area contributed by atoms with Gasteiger partial charge in [0.05, 0.1) is 5.56 Å². The van der Waals surface area contributed by atoms with Gasteiger partial charge in [-0.15, -0.1) is 0 Å². The zero-order chi connectivity index (χ0) is 19.7. The zero-order valence-electron chi connectivity index (χ0n) is 16.9. The fraction of sp³-hybridized carbons (Fsp3) is 0.318. The normalized spacial score (nSPS) is 18.4. The summed E-state index contributed by atoms with van der Waals surface area (Å²) < 4.78 is 6.70. The summed E-state index contributed by atoms with van der Waals surface area (Å²) in [5.74, 6) is -0.595. The quantitative estimate of drug-likeness (QED) is 0.730. The van der Waals surface area contributed by atoms with E-state index in [1.807, 2.05) is 0 Å². The molecule has 27 heavy (non-hydrogen) atoms. The molecule has 0 fully saturated rings. The number of rotatable bonds is 2. The van der Waals surface area contributed by atoms with Crippen LogP contribution in [0.2, 0.25) is 26.2 Å². The molecule has 0 saturated heterocycles. The Kier molecular flexibility index (Phi) is 3.93. The molecule has 2 aromatic rings. The van der Waals surface area contributed by atoms with Crippen molar-refractivity contribution in [3.63, 3.8) is 0 Å². The number of carbonyl (C=O) groups excluding carboxylic acids is 1. The van der Waals surface area contributed by atoms with Crippen LogP contribution >= 0.6 is 0 Å². The number of hydrogen-bond donors (Lipinski definition) is 0. The van der Waals surface area contributed by atoms with E-state index in [9.17, 15) is 4.79 Å². The van der Waals surface area contributed by atoms with Crippen LogP contribution in [-0.2, 0) is 10.5 Å². The van der Waals surface area contributed by atoms with E-state index in [2.05, 4.69) is 70.4 Å². The highest BCUT2D eigenvalue weighted by atomic mass is 28.4. The van der Waals surface area contributed by atoms with Crippen LogP contribution in [0.15, 0.2) is 24.3 Å². The number of nitrogens with one attached hydrogen (secondary N) is 1. The summed E-state index contributed by atoms with van der Waals surface area (Å²) in [5, 5.41) is 2.34. The maximum atomic E-state index is 12.6. The Bertz CT molecular complexity index is 1040. The number of hydrogen-bond acceptors (Lipinski definition) is 2. The van der Waals surface area contributed by atoms with Gasteiger partial charge in [-0.25, -0.2) is 0 Å². The van der Waals surface area contributed by atoms with Crippen molar-refractivity contribution in [2.75, 3.05) is 0 Å². The van der Waals surface area contributed by atoms with Gasteiger partial charge in [0, 0.05) is 0 Å². The predicted molar refractivity (Wildman–Crippen MR) is 117 cm³/mol. The Labute approximate surface area is 163 Å². The first-order valence-corrected chi connectivity index (χ1v) is 15.3. The lowest BCUT2D eigenvalue weighted by Crippen LogP contribution is -2.67. The van der Waals surface area contributed by atoms with E-state index < -0.39 is 22.5 Å². The fourth-order valence-corrected chi connectivity index (χ4v) is 15.5. The van der Waals surface area contributed by atoms with Crippen LogP contribution in [0.1, 0.15) is 32.6 Å². The summed E-state index contributed by atoms with van der Waals surface area (Å²) in [6.07, 6.45) is 5.27. The Morgan fingerprint density at radius 1 is 1.04 bits per heavy atom. The average Bonchev–Trinajstić information content (AvgIpc) is 3.00. The third kappa shape index (κ3) is 2.52. The van der Waals surface area contributed by atoms with Gasteiger partial charge in [0.2, 0.25) is 16.6 Å². The third-order valence-corrected chi connectivity index (χ3v) is 13.9. The molecule has 2 aromatic carbocycles. The highest BCUT2D eigenvalue weighted by Crippen LogP contribution is 2.38. The highest BCUT2D eigenvalue weighted by Gasteiger charge is 2.47. The molecule has 0 spiro atoms. The topological polar surface area (TPSA) is 50.1 Å². The van der Waals surface area contributed by atoms with E-state index in [0.29, 0.717) is 5.56 Å². The van der Waals surface area contributed by atoms with Crippen LogP contribution in [0, 0.1) is 13.8 Å². The summed E-state index contributed by atoms with van der Waals surface area (Å²) in [6, 6.07) is 6.34. The van der Waals surface area contributed by atoms with Gasteiger partial charge >= 0.3 is 0 Å². The highest BCUT2D eigenvalue weighted by molar-refractivity contribution is 7.00. The molecule has 1 aliphatic carbocycles. The van der Waals surface area contributed by atoms with E-state index in [0.717, 1.165) is 28.3 Å². The molecule has 2 bridgehead atoms. The average molecular weight is 393 g/mol. The molecule has 3 nitrogen and oxygen atoms in total. The minimum absolute atomic E-state index is 0.573. The molecule has 1 amide bonds. The second-order valence-electron chi connectivity index (χ2n) is 8.69. The molecular formula is C22H26NO2Si2. The summed E-state index contributed by atoms with van der Waals surface area (Å²) in [5.41, 5.74) is 15.6. The molecule has 2 aliphatic rings. The van der Waals surface area contributed by atoms with Gasteiger partial charge in [-0.1, -0.05) is 30.4 Å². The van der Waals surface area contributed by atoms with Crippen LogP contribution < -0.4 is 16.1 Å². The van der Waals surface area contributed by atoms with Crippen molar-refractivity contribution in [2.45, 2.75) is 46.5 Å². The largest absolute Gasteiger partial charge is 0.449 e. The smallest absolute Gasteiger partial charge is 0.270 e. The van der Waals surface area contributed by atoms with Gasteiger partial charge in [0.15, 0.2) is 0 Å². The lowest BCUT2D eigenvalue weighted by molar-refractivity contribution is 0.0993. The first kappa shape index (κ1) is 18.4. The maximum Gasteiger partial charge on any atom is 0.270 e. The summed E-state index contributed by atoms with van der Waals surface area (Å²) in [7, 11) is -4.35. The molecular weight excluding hydrogens is 366 g/mol. The van der Waals surface area contributed by atoms with Crippen LogP contribution in [-0.4, -0.2) is 22.5 Å². The molecule has 1 N–H and O–H groups in total. The van der Waals surface area contributed by atoms with E-state index in [1.165, 1.54) is 21.9 Å². The molecule has 0 saturated carbocycles. The van der Waals surface area contributed by atoms with E-state index in [1.54, 1.807) is 0 Å². The maximum absolute atomic E-state index is 12.6. The first-order valence-electron chi connectivity index (χ1n) is 9.49. The Morgan fingerprint density at radius 3 is 2.37 bits per heavy atom. The van der Waals surface area contributed by atoms with Crippen molar-refractivity contribution >= 4 is 39.0 Å². The van der Waals surface area contributed by atoms with Crippen molar-refractivity contribution in [3.8, 4) is 11.1 Å². The van der Waals surface area contributed by atoms with Crippen LogP contribution in [0.4, 0.5) is 0 Å². The van der Waals surface area contributed by atoms with Crippen LogP contribution in [0.5, 0.6) is 0 Å². The van der Waals surface area contributed by atoms with Crippen molar-refractivity contribution in [3.05, 3.63) is 52.1 Å². The minimum Gasteiger partial charge on any atom is -0.449 e. The van der Waals surface area contributed by atoms with Gasteiger partial charge < -0.3 is 4.12 Å². The molecule has 1 aliphatic heterocycles. The Morgan fingerprint density at radius 2 is 1.70 bits per heavy atom. The van der Waals surface area contributed by atoms with Crippen molar-refractivity contribution in [1.29, 1.82) is 0 Å². The summed E-state index contributed by atoms with van der Waals surface area (Å²) >= 11 is 0. The molecule has 1 radical (unpaired) electrons. The second kappa shape index (κ2) is 5.77. The number of allylic oxidation sites excluding steroid dienone is 1. The second-order valence-corrected chi connectivity index (χ2v) is 16.5. The number of benzene rings is 2. The van der Waals surface area contributed by atoms with Gasteiger partial charge in [0.1, 0.15) is 0 Å². The fourth-order valence-electron chi connectivity index (χ4n) is 5.50. The zero-order valence-corrected chi connectivity index (χ0v) is 18.9. The Balaban J connectivity index is 2.21. The molecule has 1 heterocycles. The van der Waals surface area contributed by atoms with Crippen molar-refractivity contribution < 1.29 is 8.91 Å². The van der Waals surface area contributed by atoms with Gasteiger partial charge in [0.25, 0.3) is 5.91 Å². The van der Waals surface area contributed by atoms with Gasteiger partial charge in [-0.3, -0.25) is 10.5 Å². The first-order chi connectivity index (χ1) is 12.6. The number of amides is 1. The van der Waals surface area contributed by atoms with E-state index >= 15 is 0 Å². The molecule has 0 atom stereocenters. The summed E-state index contributed by atoms with van der Waals surface area (Å²) in [6.45, 7) is 13.1. The lowest BCUT2D eigenvalue weighted by Gasteiger charge is -2.44. The summed E-state index contributed by atoms with van der Waals surface area (Å²) in [4.78, 5) is 12.6. The van der Waals surface area contributed by atoms with E-state index in [-0.39, 0.29) is 0 Å². The standard InChI is InChI=1S/C22H26NO2Si2/c1-13-18(17-12-8-10-15-9-7-11-16(15)17)19(22(23)24)21-14(2)20(13)26(3,4)25-27(21,5)6/h7-8,10-12,23H,9H2,1-6H3. The van der Waals surface area contributed by atoms with Gasteiger partial charge in [-0.2, -0.15) is 0 Å². The monoisotopic (exact) mass is 392 g/mol. The van der Waals surface area contributed by atoms with Crippen molar-refractivity contribution in [2.24, 2.45) is 0 Å². The third-order valence-electron chi connectivity index (χ3n) is 6.03. The lowest BCUT2D eigenvalue weighted by atomic mass is 9.88. The number of fused-ring (bicyclic) bond motifs is 3. The Hall–Kier alpha value is -1.96. The van der Waals surface area contributed by atoms with Crippen LogP contribution in [0.3, 0.4) is 0 Å². The molecule has 0 aromatic heterocycles. The van der Waals surface area contributed by atoms with Crippen molar-refractivity contribution in [1.82, 2.24) is 5.73 Å².